The van der Waals surface area contributed by atoms with Crippen LogP contribution in [0.15, 0.2) is 4.48 Å². The highest BCUT2D eigenvalue weighted by atomic mass is 79.9. The van der Waals surface area contributed by atoms with Crippen LogP contribution in [0.4, 0.5) is 5.95 Å². The van der Waals surface area contributed by atoms with Crippen molar-refractivity contribution < 1.29 is 4.79 Å². The molecule has 0 aromatic carbocycles. The summed E-state index contributed by atoms with van der Waals surface area (Å²) in [5.74, 6) is 0.246. The first-order valence-corrected chi connectivity index (χ1v) is 4.90. The van der Waals surface area contributed by atoms with Crippen LogP contribution in [0, 0.1) is 6.92 Å². The predicted molar refractivity (Wildman–Crippen MR) is 56.8 cm³/mol. The number of ketones is 1. The van der Waals surface area contributed by atoms with Crippen LogP contribution in [0.5, 0.6) is 0 Å². The van der Waals surface area contributed by atoms with Crippen molar-refractivity contribution in [3.8, 4) is 0 Å². The average Bonchev–Trinajstić information content (AvgIpc) is 2.08. The molecule has 5 heteroatoms. The van der Waals surface area contributed by atoms with E-state index in [1.54, 1.807) is 6.08 Å². The lowest BCUT2D eigenvalue weighted by Gasteiger charge is -2.13. The second-order valence-electron chi connectivity index (χ2n) is 3.12. The number of nitrogens with zero attached hydrogens (tertiary/aromatic N) is 2. The third-order valence-electron chi connectivity index (χ3n) is 2.10. The third-order valence-corrected chi connectivity index (χ3v) is 2.77. The monoisotopic (exact) mass is 253 g/mol. The Kier molecular flexibility index (Phi) is 2.11. The van der Waals surface area contributed by atoms with Crippen LogP contribution in [0.2, 0.25) is 0 Å². The zero-order valence-corrected chi connectivity index (χ0v) is 9.13. The first-order valence-electron chi connectivity index (χ1n) is 4.11. The maximum absolute atomic E-state index is 11.4. The van der Waals surface area contributed by atoms with Crippen LogP contribution < -0.4 is 5.73 Å². The van der Waals surface area contributed by atoms with E-state index in [2.05, 4.69) is 25.9 Å². The number of anilines is 1. The highest BCUT2D eigenvalue weighted by molar-refractivity contribution is 9.12. The molecule has 0 unspecified atom stereocenters. The van der Waals surface area contributed by atoms with Gasteiger partial charge in [0.25, 0.3) is 0 Å². The topological polar surface area (TPSA) is 68.9 Å². The molecule has 0 saturated carbocycles. The molecule has 0 atom stereocenters. The Hall–Kier alpha value is -1.23. The fourth-order valence-electron chi connectivity index (χ4n) is 1.43. The Labute approximate surface area is 89.4 Å². The molecule has 72 valence electrons. The molecule has 0 spiro atoms. The number of hydrogen-bond acceptors (Lipinski definition) is 4. The quantitative estimate of drug-likeness (QED) is 0.755. The van der Waals surface area contributed by atoms with E-state index in [0.29, 0.717) is 16.6 Å². The molecule has 0 saturated heterocycles. The fourth-order valence-corrected chi connectivity index (χ4v) is 1.80. The number of aryl methyl sites for hydroxylation is 1. The Bertz CT molecular complexity index is 454. The molecule has 1 aromatic rings. The summed E-state index contributed by atoms with van der Waals surface area (Å²) in [7, 11) is 0. The van der Waals surface area contributed by atoms with Crippen molar-refractivity contribution in [2.24, 2.45) is 0 Å². The van der Waals surface area contributed by atoms with Crippen molar-refractivity contribution in [1.82, 2.24) is 9.97 Å². The van der Waals surface area contributed by atoms with Gasteiger partial charge >= 0.3 is 0 Å². The minimum Gasteiger partial charge on any atom is -0.368 e. The maximum atomic E-state index is 11.4. The zero-order valence-electron chi connectivity index (χ0n) is 7.54. The van der Waals surface area contributed by atoms with Gasteiger partial charge in [0.1, 0.15) is 0 Å². The van der Waals surface area contributed by atoms with Crippen LogP contribution in [-0.2, 0) is 11.2 Å². The number of carbonyl (C=O) groups excluding carboxylic acids is 1. The van der Waals surface area contributed by atoms with E-state index < -0.39 is 0 Å². The van der Waals surface area contributed by atoms with E-state index in [-0.39, 0.29) is 11.7 Å². The normalized spacial score (nSPS) is 15.0. The van der Waals surface area contributed by atoms with Crippen molar-refractivity contribution in [2.45, 2.75) is 13.3 Å². The molecule has 1 aromatic heterocycles. The average molecular weight is 254 g/mol. The number of allylic oxidation sites excluding steroid dienone is 1. The zero-order chi connectivity index (χ0) is 10.3. The van der Waals surface area contributed by atoms with Crippen LogP contribution in [-0.4, -0.2) is 15.8 Å². The van der Waals surface area contributed by atoms with Crippen molar-refractivity contribution in [3.63, 3.8) is 0 Å². The van der Waals surface area contributed by atoms with Gasteiger partial charge in [-0.25, -0.2) is 9.97 Å². The lowest BCUT2D eigenvalue weighted by atomic mass is 10.0. The first-order chi connectivity index (χ1) is 6.58. The predicted octanol–water partition coefficient (Wildman–Crippen LogP) is 1.23. The molecular formula is C9H8BrN3O. The minimum atomic E-state index is 0.0231. The lowest BCUT2D eigenvalue weighted by Crippen LogP contribution is -2.14. The molecule has 1 aliphatic carbocycles. The summed E-state index contributed by atoms with van der Waals surface area (Å²) in [6.45, 7) is 1.85. The molecule has 1 heterocycles. The summed E-state index contributed by atoms with van der Waals surface area (Å²) in [5.41, 5.74) is 7.91. The van der Waals surface area contributed by atoms with Crippen molar-refractivity contribution in [3.05, 3.63) is 21.4 Å². The number of halogens is 1. The minimum absolute atomic E-state index is 0.0231. The molecule has 0 fully saturated rings. The van der Waals surface area contributed by atoms with Crippen molar-refractivity contribution in [2.75, 3.05) is 5.73 Å². The van der Waals surface area contributed by atoms with Gasteiger partial charge in [-0.1, -0.05) is 0 Å². The molecule has 2 N–H and O–H groups in total. The van der Waals surface area contributed by atoms with Gasteiger partial charge in [-0.2, -0.15) is 0 Å². The second kappa shape index (κ2) is 3.16. The SMILES string of the molecule is Cc1nc(N)nc2c1C=C(Br)C(=O)C2. The number of fused-ring (bicyclic) bond motifs is 1. The number of nitrogen functional groups attached to an aromatic ring is 1. The van der Waals surface area contributed by atoms with Gasteiger partial charge in [0.15, 0.2) is 5.78 Å². The van der Waals surface area contributed by atoms with Gasteiger partial charge in [-0.05, 0) is 28.9 Å². The van der Waals surface area contributed by atoms with E-state index >= 15 is 0 Å². The fraction of sp³-hybridized carbons (Fsp3) is 0.222. The van der Waals surface area contributed by atoms with Crippen molar-refractivity contribution in [1.29, 1.82) is 0 Å². The highest BCUT2D eigenvalue weighted by Gasteiger charge is 2.20. The summed E-state index contributed by atoms with van der Waals surface area (Å²) in [6.07, 6.45) is 2.04. The molecule has 14 heavy (non-hydrogen) atoms. The van der Waals surface area contributed by atoms with Gasteiger partial charge in [0.2, 0.25) is 5.95 Å². The molecule has 4 nitrogen and oxygen atoms in total. The Morgan fingerprint density at radius 2 is 2.21 bits per heavy atom. The highest BCUT2D eigenvalue weighted by Crippen LogP contribution is 2.25. The number of nitrogens with two attached hydrogens (primary N) is 1. The summed E-state index contributed by atoms with van der Waals surface area (Å²) >= 11 is 3.20. The van der Waals surface area contributed by atoms with E-state index in [1.807, 2.05) is 6.92 Å². The number of rotatable bonds is 0. The van der Waals surface area contributed by atoms with Crippen LogP contribution in [0.3, 0.4) is 0 Å². The molecule has 2 rings (SSSR count). The lowest BCUT2D eigenvalue weighted by molar-refractivity contribution is -0.114. The Balaban J connectivity index is 2.65. The van der Waals surface area contributed by atoms with Gasteiger partial charge in [-0.3, -0.25) is 4.79 Å². The van der Waals surface area contributed by atoms with Crippen molar-refractivity contribution >= 4 is 33.7 Å². The molecule has 0 radical (unpaired) electrons. The van der Waals surface area contributed by atoms with E-state index in [9.17, 15) is 4.79 Å². The van der Waals surface area contributed by atoms with Gasteiger partial charge < -0.3 is 5.73 Å². The Morgan fingerprint density at radius 3 is 2.93 bits per heavy atom. The standard InChI is InChI=1S/C9H8BrN3O/c1-4-5-2-6(10)8(14)3-7(5)13-9(11)12-4/h2H,3H2,1H3,(H2,11,12,13). The molecule has 0 amide bonds. The number of Topliss-reactive ketones (excluding diaryl/α,β-unsaturated/α-hetero) is 1. The molecule has 0 aliphatic heterocycles. The van der Waals surface area contributed by atoms with E-state index in [1.165, 1.54) is 0 Å². The van der Waals surface area contributed by atoms with Gasteiger partial charge in [-0.15, -0.1) is 0 Å². The number of hydrogen-bond donors (Lipinski definition) is 1. The Morgan fingerprint density at radius 1 is 1.50 bits per heavy atom. The number of carbonyl (C=O) groups is 1. The maximum Gasteiger partial charge on any atom is 0.220 e. The molecule has 0 bridgehead atoms. The van der Waals surface area contributed by atoms with Crippen LogP contribution in [0.25, 0.3) is 6.08 Å². The summed E-state index contributed by atoms with van der Waals surface area (Å²) in [4.78, 5) is 19.4. The first kappa shape index (κ1) is 9.33. The van der Waals surface area contributed by atoms with Gasteiger partial charge in [0.05, 0.1) is 22.3 Å². The van der Waals surface area contributed by atoms with Crippen LogP contribution >= 0.6 is 15.9 Å². The second-order valence-corrected chi connectivity index (χ2v) is 3.97. The van der Waals surface area contributed by atoms with E-state index in [4.69, 9.17) is 5.73 Å². The summed E-state index contributed by atoms with van der Waals surface area (Å²) < 4.78 is 0.571. The third kappa shape index (κ3) is 1.43. The van der Waals surface area contributed by atoms with Crippen LogP contribution in [0.1, 0.15) is 17.0 Å². The van der Waals surface area contributed by atoms with Gasteiger partial charge in [0, 0.05) is 5.56 Å². The smallest absolute Gasteiger partial charge is 0.220 e. The molecular weight excluding hydrogens is 246 g/mol. The molecule has 1 aliphatic rings. The largest absolute Gasteiger partial charge is 0.368 e. The number of aromatic nitrogens is 2. The van der Waals surface area contributed by atoms with E-state index in [0.717, 1.165) is 11.3 Å². The summed E-state index contributed by atoms with van der Waals surface area (Å²) in [6, 6.07) is 0. The summed E-state index contributed by atoms with van der Waals surface area (Å²) in [5, 5.41) is 0.